The minimum absolute atomic E-state index is 0.00780. The molecule has 126 valence electrons. The molecule has 0 atom stereocenters. The summed E-state index contributed by atoms with van der Waals surface area (Å²) < 4.78 is 0. The standard InChI is InChI=1S/C15H18N2O2.C4H10/c1-3-15(19)17-10-8-16(9-11-17)14-6-4-13(5-7-14)12(2)18;1-4(2)3/h3-7H,1,8-11H2,2H3;4H,1-3H3. The number of hydrogen-bond acceptors (Lipinski definition) is 3. The Bertz CT molecular complexity index is 524. The third kappa shape index (κ3) is 6.27. The summed E-state index contributed by atoms with van der Waals surface area (Å²) >= 11 is 0. The van der Waals surface area contributed by atoms with Gasteiger partial charge >= 0.3 is 0 Å². The van der Waals surface area contributed by atoms with Gasteiger partial charge in [0, 0.05) is 37.4 Å². The van der Waals surface area contributed by atoms with Crippen LogP contribution in [0.4, 0.5) is 5.69 Å². The van der Waals surface area contributed by atoms with Crippen molar-refractivity contribution in [3.05, 3.63) is 42.5 Å². The maximum absolute atomic E-state index is 11.5. The second-order valence-electron chi connectivity index (χ2n) is 6.35. The molecule has 0 N–H and O–H groups in total. The molecule has 1 aliphatic heterocycles. The molecular formula is C19H28N2O2. The van der Waals surface area contributed by atoms with Crippen LogP contribution in [-0.4, -0.2) is 42.8 Å². The Hall–Kier alpha value is -2.10. The van der Waals surface area contributed by atoms with Gasteiger partial charge in [-0.15, -0.1) is 0 Å². The Balaban J connectivity index is 0.000000593. The predicted octanol–water partition coefficient (Wildman–Crippen LogP) is 3.39. The largest absolute Gasteiger partial charge is 0.368 e. The van der Waals surface area contributed by atoms with Gasteiger partial charge in [0.15, 0.2) is 5.78 Å². The Kier molecular flexibility index (Phi) is 7.52. The first-order valence-electron chi connectivity index (χ1n) is 8.12. The number of carbonyl (C=O) groups is 2. The number of nitrogens with zero attached hydrogens (tertiary/aromatic N) is 2. The minimum atomic E-state index is -0.00780. The Morgan fingerprint density at radius 3 is 1.91 bits per heavy atom. The average Bonchev–Trinajstić information content (AvgIpc) is 2.54. The topological polar surface area (TPSA) is 40.6 Å². The lowest BCUT2D eigenvalue weighted by Gasteiger charge is -2.35. The molecule has 4 heteroatoms. The van der Waals surface area contributed by atoms with Crippen LogP contribution in [0.25, 0.3) is 0 Å². The maximum Gasteiger partial charge on any atom is 0.246 e. The molecule has 2 rings (SSSR count). The van der Waals surface area contributed by atoms with Gasteiger partial charge in [0.25, 0.3) is 0 Å². The van der Waals surface area contributed by atoms with Crippen molar-refractivity contribution in [2.24, 2.45) is 5.92 Å². The molecule has 1 fully saturated rings. The minimum Gasteiger partial charge on any atom is -0.368 e. The summed E-state index contributed by atoms with van der Waals surface area (Å²) in [7, 11) is 0. The fourth-order valence-electron chi connectivity index (χ4n) is 2.22. The molecule has 0 radical (unpaired) electrons. The number of rotatable bonds is 3. The molecule has 1 amide bonds. The van der Waals surface area contributed by atoms with Gasteiger partial charge in [-0.2, -0.15) is 0 Å². The van der Waals surface area contributed by atoms with Crippen molar-refractivity contribution < 1.29 is 9.59 Å². The first kappa shape index (κ1) is 18.9. The smallest absolute Gasteiger partial charge is 0.246 e. The monoisotopic (exact) mass is 316 g/mol. The molecule has 1 aromatic rings. The van der Waals surface area contributed by atoms with Crippen molar-refractivity contribution in [3.63, 3.8) is 0 Å². The predicted molar refractivity (Wildman–Crippen MR) is 95.9 cm³/mol. The van der Waals surface area contributed by atoms with Crippen LogP contribution in [0.15, 0.2) is 36.9 Å². The van der Waals surface area contributed by atoms with E-state index in [9.17, 15) is 9.59 Å². The molecular weight excluding hydrogens is 288 g/mol. The van der Waals surface area contributed by atoms with Crippen LogP contribution >= 0.6 is 0 Å². The van der Waals surface area contributed by atoms with Crippen LogP contribution in [0.3, 0.4) is 0 Å². The second kappa shape index (κ2) is 9.13. The summed E-state index contributed by atoms with van der Waals surface area (Å²) in [6, 6.07) is 7.61. The van der Waals surface area contributed by atoms with Crippen molar-refractivity contribution in [3.8, 4) is 0 Å². The lowest BCUT2D eigenvalue weighted by atomic mass is 10.1. The van der Waals surface area contributed by atoms with Crippen LogP contribution in [0.5, 0.6) is 0 Å². The van der Waals surface area contributed by atoms with E-state index in [0.29, 0.717) is 13.1 Å². The summed E-state index contributed by atoms with van der Waals surface area (Å²) in [5.74, 6) is 0.902. The Labute approximate surface area is 139 Å². The van der Waals surface area contributed by atoms with E-state index < -0.39 is 0 Å². The van der Waals surface area contributed by atoms with Crippen molar-refractivity contribution in [2.75, 3.05) is 31.1 Å². The third-order valence-corrected chi connectivity index (χ3v) is 3.40. The number of anilines is 1. The third-order valence-electron chi connectivity index (χ3n) is 3.40. The molecule has 23 heavy (non-hydrogen) atoms. The zero-order valence-corrected chi connectivity index (χ0v) is 14.7. The number of carbonyl (C=O) groups excluding carboxylic acids is 2. The van der Waals surface area contributed by atoms with E-state index in [4.69, 9.17) is 0 Å². The molecule has 0 saturated carbocycles. The molecule has 1 saturated heterocycles. The summed E-state index contributed by atoms with van der Waals surface area (Å²) in [5, 5.41) is 0. The molecule has 1 aromatic carbocycles. The number of amides is 1. The Morgan fingerprint density at radius 2 is 1.52 bits per heavy atom. The fourth-order valence-corrected chi connectivity index (χ4v) is 2.22. The van der Waals surface area contributed by atoms with E-state index in [1.165, 1.54) is 6.08 Å². The quantitative estimate of drug-likeness (QED) is 0.634. The van der Waals surface area contributed by atoms with Gasteiger partial charge in [-0.3, -0.25) is 9.59 Å². The second-order valence-corrected chi connectivity index (χ2v) is 6.35. The van der Waals surface area contributed by atoms with Crippen molar-refractivity contribution in [2.45, 2.75) is 27.7 Å². The lowest BCUT2D eigenvalue weighted by Crippen LogP contribution is -2.48. The van der Waals surface area contributed by atoms with Gasteiger partial charge in [-0.1, -0.05) is 27.4 Å². The van der Waals surface area contributed by atoms with Gasteiger partial charge in [0.1, 0.15) is 0 Å². The average molecular weight is 316 g/mol. The summed E-state index contributed by atoms with van der Waals surface area (Å²) in [6.45, 7) is 14.6. The number of Topliss-reactive ketones (excluding diaryl/α,β-unsaturated/α-hetero) is 1. The van der Waals surface area contributed by atoms with Crippen molar-refractivity contribution in [1.29, 1.82) is 0 Å². The number of hydrogen-bond donors (Lipinski definition) is 0. The maximum atomic E-state index is 11.5. The fraction of sp³-hybridized carbons (Fsp3) is 0.474. The molecule has 0 spiro atoms. The highest BCUT2D eigenvalue weighted by atomic mass is 16.2. The van der Waals surface area contributed by atoms with Crippen LogP contribution in [0.1, 0.15) is 38.1 Å². The molecule has 1 heterocycles. The molecule has 1 aliphatic rings. The number of benzene rings is 1. The molecule has 0 bridgehead atoms. The first-order valence-corrected chi connectivity index (χ1v) is 8.12. The van der Waals surface area contributed by atoms with Gasteiger partial charge < -0.3 is 9.80 Å². The molecule has 0 unspecified atom stereocenters. The van der Waals surface area contributed by atoms with E-state index in [2.05, 4.69) is 32.3 Å². The van der Waals surface area contributed by atoms with Gasteiger partial charge in [-0.05, 0) is 43.2 Å². The normalized spacial score (nSPS) is 14.1. The molecule has 0 aliphatic carbocycles. The van der Waals surface area contributed by atoms with Crippen molar-refractivity contribution >= 4 is 17.4 Å². The van der Waals surface area contributed by atoms with Gasteiger partial charge in [0.2, 0.25) is 5.91 Å². The Morgan fingerprint density at radius 1 is 1.04 bits per heavy atom. The summed E-state index contributed by atoms with van der Waals surface area (Å²) in [5.41, 5.74) is 1.82. The van der Waals surface area contributed by atoms with E-state index in [0.717, 1.165) is 30.3 Å². The van der Waals surface area contributed by atoms with Crippen LogP contribution in [-0.2, 0) is 4.79 Å². The van der Waals surface area contributed by atoms with Crippen LogP contribution < -0.4 is 4.90 Å². The summed E-state index contributed by atoms with van der Waals surface area (Å²) in [6.07, 6.45) is 1.36. The molecule has 0 aromatic heterocycles. The van der Waals surface area contributed by atoms with Gasteiger partial charge in [0.05, 0.1) is 0 Å². The zero-order valence-electron chi connectivity index (χ0n) is 14.7. The zero-order chi connectivity index (χ0) is 17.4. The highest BCUT2D eigenvalue weighted by Crippen LogP contribution is 2.17. The van der Waals surface area contributed by atoms with Crippen LogP contribution in [0.2, 0.25) is 0 Å². The van der Waals surface area contributed by atoms with E-state index in [1.54, 1.807) is 11.8 Å². The number of piperazine rings is 1. The van der Waals surface area contributed by atoms with E-state index in [1.807, 2.05) is 24.3 Å². The van der Waals surface area contributed by atoms with Crippen LogP contribution in [0, 0.1) is 5.92 Å². The van der Waals surface area contributed by atoms with Gasteiger partial charge in [-0.25, -0.2) is 0 Å². The highest BCUT2D eigenvalue weighted by Gasteiger charge is 2.19. The lowest BCUT2D eigenvalue weighted by molar-refractivity contribution is -0.126. The number of ketones is 1. The highest BCUT2D eigenvalue weighted by molar-refractivity contribution is 5.94. The van der Waals surface area contributed by atoms with Crippen molar-refractivity contribution in [1.82, 2.24) is 4.90 Å². The SMILES string of the molecule is C=CC(=O)N1CCN(c2ccc(C(C)=O)cc2)CC1.CC(C)C. The van der Waals surface area contributed by atoms with E-state index >= 15 is 0 Å². The summed E-state index contributed by atoms with van der Waals surface area (Å²) in [4.78, 5) is 26.7. The first-order chi connectivity index (χ1) is 10.8. The molecule has 4 nitrogen and oxygen atoms in total. The van der Waals surface area contributed by atoms with E-state index in [-0.39, 0.29) is 11.7 Å².